The molecule has 178 valence electrons. The lowest BCUT2D eigenvalue weighted by atomic mass is 10.1. The lowest BCUT2D eigenvalue weighted by Crippen LogP contribution is -2.53. The van der Waals surface area contributed by atoms with E-state index in [1.54, 1.807) is 0 Å². The molecule has 8 nitrogen and oxygen atoms in total. The van der Waals surface area contributed by atoms with E-state index in [1.807, 2.05) is 30.3 Å². The number of nitrogens with zero attached hydrogens (tertiary/aromatic N) is 1. The summed E-state index contributed by atoms with van der Waals surface area (Å²) in [7, 11) is -3.97. The Bertz CT molecular complexity index is 1080. The zero-order valence-corrected chi connectivity index (χ0v) is 19.2. The van der Waals surface area contributed by atoms with Crippen LogP contribution in [0.5, 0.6) is 0 Å². The molecule has 2 N–H and O–H groups in total. The molecule has 0 bridgehead atoms. The first kappa shape index (κ1) is 24.8. The Kier molecular flexibility index (Phi) is 8.54. The van der Waals surface area contributed by atoms with Crippen LogP contribution < -0.4 is 10.6 Å². The third kappa shape index (κ3) is 6.59. The third-order valence-corrected chi connectivity index (χ3v) is 7.19. The van der Waals surface area contributed by atoms with Gasteiger partial charge >= 0.3 is 11.8 Å². The van der Waals surface area contributed by atoms with Gasteiger partial charge < -0.3 is 15.4 Å². The normalized spacial score (nSPS) is 16.8. The zero-order chi connectivity index (χ0) is 23.8. The van der Waals surface area contributed by atoms with E-state index in [-0.39, 0.29) is 23.5 Å². The monoisotopic (exact) mass is 477 g/mol. The van der Waals surface area contributed by atoms with Crippen LogP contribution in [-0.2, 0) is 30.8 Å². The molecule has 1 atom stereocenters. The molecule has 1 fully saturated rings. The average Bonchev–Trinajstić information content (AvgIpc) is 2.82. The Labute approximate surface area is 193 Å². The van der Waals surface area contributed by atoms with Crippen LogP contribution in [-0.4, -0.2) is 57.0 Å². The molecule has 2 aromatic rings. The van der Waals surface area contributed by atoms with Gasteiger partial charge in [0.05, 0.1) is 18.0 Å². The van der Waals surface area contributed by atoms with E-state index >= 15 is 0 Å². The average molecular weight is 478 g/mol. The molecule has 2 amide bonds. The Morgan fingerprint density at radius 2 is 1.85 bits per heavy atom. The van der Waals surface area contributed by atoms with Gasteiger partial charge in [-0.05, 0) is 55.5 Å². The zero-order valence-electron chi connectivity index (χ0n) is 18.4. The Morgan fingerprint density at radius 1 is 1.12 bits per heavy atom. The molecule has 1 heterocycles. The molecular weight excluding hydrogens is 449 g/mol. The summed E-state index contributed by atoms with van der Waals surface area (Å²) in [4.78, 5) is 24.2. The van der Waals surface area contributed by atoms with Crippen LogP contribution in [0.25, 0.3) is 0 Å². The number of amides is 2. The Hall–Kier alpha value is -2.82. The fourth-order valence-electron chi connectivity index (χ4n) is 3.50. The highest BCUT2D eigenvalue weighted by Crippen LogP contribution is 2.23. The van der Waals surface area contributed by atoms with Gasteiger partial charge in [0.2, 0.25) is 10.0 Å². The molecule has 0 spiro atoms. The van der Waals surface area contributed by atoms with E-state index in [4.69, 9.17) is 4.74 Å². The first-order valence-electron chi connectivity index (χ1n) is 10.8. The Morgan fingerprint density at radius 3 is 2.58 bits per heavy atom. The highest BCUT2D eigenvalue weighted by molar-refractivity contribution is 7.89. The van der Waals surface area contributed by atoms with Crippen LogP contribution in [0.4, 0.5) is 4.39 Å². The predicted molar refractivity (Wildman–Crippen MR) is 120 cm³/mol. The fraction of sp³-hybridized carbons (Fsp3) is 0.391. The van der Waals surface area contributed by atoms with Crippen LogP contribution in [0.2, 0.25) is 0 Å². The van der Waals surface area contributed by atoms with Crippen LogP contribution in [0.3, 0.4) is 0 Å². The maximum atomic E-state index is 13.6. The van der Waals surface area contributed by atoms with Crippen molar-refractivity contribution >= 4 is 21.8 Å². The van der Waals surface area contributed by atoms with E-state index in [1.165, 1.54) is 19.1 Å². The maximum Gasteiger partial charge on any atom is 0.309 e. The highest BCUT2D eigenvalue weighted by atomic mass is 32.2. The predicted octanol–water partition coefficient (Wildman–Crippen LogP) is 1.74. The summed E-state index contributed by atoms with van der Waals surface area (Å²) in [6, 6.07) is 13.4. The number of hydrogen-bond acceptors (Lipinski definition) is 5. The summed E-state index contributed by atoms with van der Waals surface area (Å²) in [6.07, 6.45) is 0.960. The molecule has 3 rings (SSSR count). The summed E-state index contributed by atoms with van der Waals surface area (Å²) < 4.78 is 46.4. The minimum atomic E-state index is -3.97. The van der Waals surface area contributed by atoms with Gasteiger partial charge in [-0.3, -0.25) is 9.59 Å². The van der Waals surface area contributed by atoms with Gasteiger partial charge in [-0.15, -0.1) is 0 Å². The molecule has 0 saturated carbocycles. The largest absolute Gasteiger partial charge is 0.360 e. The minimum absolute atomic E-state index is 0.0561. The highest BCUT2D eigenvalue weighted by Gasteiger charge is 2.35. The second kappa shape index (κ2) is 11.4. The van der Waals surface area contributed by atoms with Crippen molar-refractivity contribution in [1.29, 1.82) is 0 Å². The molecular formula is C23H28FN3O5S. The second-order valence-corrected chi connectivity index (χ2v) is 9.65. The number of benzene rings is 2. The molecule has 2 aromatic carbocycles. The number of carbonyl (C=O) groups is 2. The summed E-state index contributed by atoms with van der Waals surface area (Å²) in [5.41, 5.74) is 1.35. The molecule has 0 radical (unpaired) electrons. The number of sulfonamides is 1. The van der Waals surface area contributed by atoms with Gasteiger partial charge in [-0.25, -0.2) is 12.8 Å². The fourth-order valence-corrected chi connectivity index (χ4v) is 5.15. The van der Waals surface area contributed by atoms with E-state index in [2.05, 4.69) is 10.6 Å². The van der Waals surface area contributed by atoms with Crippen molar-refractivity contribution < 1.29 is 27.1 Å². The number of halogens is 1. The van der Waals surface area contributed by atoms with Crippen molar-refractivity contribution in [1.82, 2.24) is 14.9 Å². The first-order chi connectivity index (χ1) is 15.8. The lowest BCUT2D eigenvalue weighted by molar-refractivity contribution is -0.140. The standard InChI is InChI=1S/C23H28FN3O5S/c1-17-15-19(10-11-20(17)24)33(30,31)27-13-6-14-32-21(27)16-26-23(29)22(28)25-12-5-9-18-7-3-2-4-8-18/h2-4,7-8,10-11,15,21H,5-6,9,12-14,16H2,1H3,(H,25,28)(H,26,29)/t21-/m0/s1. The van der Waals surface area contributed by atoms with Crippen molar-refractivity contribution in [3.63, 3.8) is 0 Å². The van der Waals surface area contributed by atoms with E-state index in [0.717, 1.165) is 22.4 Å². The van der Waals surface area contributed by atoms with Crippen molar-refractivity contribution in [2.24, 2.45) is 0 Å². The third-order valence-electron chi connectivity index (χ3n) is 5.30. The van der Waals surface area contributed by atoms with Crippen molar-refractivity contribution in [2.75, 3.05) is 26.2 Å². The molecule has 0 unspecified atom stereocenters. The molecule has 0 aliphatic carbocycles. The van der Waals surface area contributed by atoms with E-state index < -0.39 is 33.9 Å². The smallest absolute Gasteiger partial charge is 0.309 e. The quantitative estimate of drug-likeness (QED) is 0.445. The minimum Gasteiger partial charge on any atom is -0.360 e. The molecule has 1 saturated heterocycles. The number of ether oxygens (including phenoxy) is 1. The van der Waals surface area contributed by atoms with E-state index in [9.17, 15) is 22.4 Å². The van der Waals surface area contributed by atoms with Gasteiger partial charge in [0.1, 0.15) is 12.0 Å². The molecule has 10 heteroatoms. The number of nitrogens with one attached hydrogen (secondary N) is 2. The maximum absolute atomic E-state index is 13.6. The van der Waals surface area contributed by atoms with Gasteiger partial charge in [-0.1, -0.05) is 30.3 Å². The van der Waals surface area contributed by atoms with E-state index in [0.29, 0.717) is 26.0 Å². The number of aryl methyl sites for hydroxylation is 2. The molecule has 0 aromatic heterocycles. The molecule has 1 aliphatic heterocycles. The van der Waals surface area contributed by atoms with Crippen LogP contribution in [0, 0.1) is 12.7 Å². The SMILES string of the molecule is Cc1cc(S(=O)(=O)N2CCCO[C@H]2CNC(=O)C(=O)NCCCc2ccccc2)ccc1F. The van der Waals surface area contributed by atoms with Crippen LogP contribution in [0.1, 0.15) is 24.0 Å². The molecule has 1 aliphatic rings. The summed E-state index contributed by atoms with van der Waals surface area (Å²) in [6.45, 7) is 2.14. The second-order valence-electron chi connectivity index (χ2n) is 7.76. The number of rotatable bonds is 8. The summed E-state index contributed by atoms with van der Waals surface area (Å²) in [5, 5.41) is 5.00. The van der Waals surface area contributed by atoms with Crippen LogP contribution in [0.15, 0.2) is 53.4 Å². The number of hydrogen-bond donors (Lipinski definition) is 2. The van der Waals surface area contributed by atoms with Gasteiger partial charge in [-0.2, -0.15) is 4.31 Å². The van der Waals surface area contributed by atoms with Crippen molar-refractivity contribution in [3.8, 4) is 0 Å². The number of carbonyl (C=O) groups excluding carboxylic acids is 2. The summed E-state index contributed by atoms with van der Waals surface area (Å²) >= 11 is 0. The first-order valence-corrected chi connectivity index (χ1v) is 12.2. The Balaban J connectivity index is 1.52. The summed E-state index contributed by atoms with van der Waals surface area (Å²) in [5.74, 6) is -2.15. The van der Waals surface area contributed by atoms with Crippen LogP contribution >= 0.6 is 0 Å². The van der Waals surface area contributed by atoms with Crippen molar-refractivity contribution in [2.45, 2.75) is 37.3 Å². The van der Waals surface area contributed by atoms with Gasteiger partial charge in [0.25, 0.3) is 0 Å². The molecule has 33 heavy (non-hydrogen) atoms. The lowest BCUT2D eigenvalue weighted by Gasteiger charge is -2.34. The van der Waals surface area contributed by atoms with Crippen molar-refractivity contribution in [3.05, 3.63) is 65.5 Å². The topological polar surface area (TPSA) is 105 Å². The van der Waals surface area contributed by atoms with Gasteiger partial charge in [0.15, 0.2) is 0 Å². The van der Waals surface area contributed by atoms with Gasteiger partial charge in [0, 0.05) is 13.1 Å².